The van der Waals surface area contributed by atoms with Gasteiger partial charge in [-0.1, -0.05) is 27.7 Å². The van der Waals surface area contributed by atoms with Gasteiger partial charge in [-0.25, -0.2) is 0 Å². The highest BCUT2D eigenvalue weighted by Crippen LogP contribution is 2.48. The molecule has 1 N–H and O–H groups in total. The maximum Gasteiger partial charge on any atom is 0.104 e. The number of hydrogen-bond acceptors (Lipinski definition) is 1. The summed E-state index contributed by atoms with van der Waals surface area (Å²) in [5.41, 5.74) is 3.40. The molecule has 0 aromatic heterocycles. The van der Waals surface area contributed by atoms with Gasteiger partial charge in [0.25, 0.3) is 0 Å². The van der Waals surface area contributed by atoms with E-state index in [1.807, 2.05) is 0 Å². The van der Waals surface area contributed by atoms with Crippen molar-refractivity contribution in [2.24, 2.45) is 17.3 Å². The Kier molecular flexibility index (Phi) is 3.81. The van der Waals surface area contributed by atoms with Crippen molar-refractivity contribution in [3.8, 4) is 0 Å². The molecule has 1 heterocycles. The Bertz CT molecular complexity index is 401. The first kappa shape index (κ1) is 14.6. The highest BCUT2D eigenvalue weighted by molar-refractivity contribution is 5.87. The summed E-state index contributed by atoms with van der Waals surface area (Å²) in [6, 6.07) is 0.429. The molecule has 108 valence electrons. The van der Waals surface area contributed by atoms with Crippen molar-refractivity contribution in [2.45, 2.75) is 73.3 Å². The molecule has 1 aliphatic carbocycles. The van der Waals surface area contributed by atoms with Gasteiger partial charge >= 0.3 is 0 Å². The van der Waals surface area contributed by atoms with Gasteiger partial charge in [-0.2, -0.15) is 0 Å². The molecule has 0 aromatic rings. The summed E-state index contributed by atoms with van der Waals surface area (Å²) in [5, 5.41) is 8.25. The van der Waals surface area contributed by atoms with Gasteiger partial charge in [0.2, 0.25) is 0 Å². The van der Waals surface area contributed by atoms with Crippen molar-refractivity contribution in [1.82, 2.24) is 4.90 Å². The zero-order valence-corrected chi connectivity index (χ0v) is 13.5. The van der Waals surface area contributed by atoms with Crippen LogP contribution in [0.2, 0.25) is 0 Å². The fraction of sp³-hybridized carbons (Fsp3) is 0.824. The number of amidine groups is 1. The molecule has 1 atom stereocenters. The number of allylic oxidation sites excluding steroid dienone is 1. The Morgan fingerprint density at radius 3 is 2.37 bits per heavy atom. The molecule has 19 heavy (non-hydrogen) atoms. The summed E-state index contributed by atoms with van der Waals surface area (Å²) in [5.74, 6) is 2.36. The molecule has 0 fully saturated rings. The number of nitrogens with one attached hydrogen (secondary N) is 1. The SMILES string of the molecule is CC(C)C1CCC2=C(CC(=N)N2C(C)C)CC1(C)C. The summed E-state index contributed by atoms with van der Waals surface area (Å²) in [6.07, 6.45) is 4.51. The van der Waals surface area contributed by atoms with Gasteiger partial charge in [-0.05, 0) is 55.9 Å². The average Bonchev–Trinajstić information content (AvgIpc) is 2.46. The third-order valence-electron chi connectivity index (χ3n) is 5.06. The van der Waals surface area contributed by atoms with Gasteiger partial charge in [-0.15, -0.1) is 0 Å². The van der Waals surface area contributed by atoms with Crippen molar-refractivity contribution in [3.05, 3.63) is 11.3 Å². The first-order chi connectivity index (χ1) is 8.74. The van der Waals surface area contributed by atoms with Gasteiger partial charge in [0, 0.05) is 18.2 Å². The van der Waals surface area contributed by atoms with Crippen molar-refractivity contribution in [1.29, 1.82) is 5.41 Å². The quantitative estimate of drug-likeness (QED) is 0.759. The molecule has 2 rings (SSSR count). The predicted octanol–water partition coefficient (Wildman–Crippen LogP) is 4.81. The first-order valence-electron chi connectivity index (χ1n) is 7.81. The lowest BCUT2D eigenvalue weighted by atomic mass is 9.69. The van der Waals surface area contributed by atoms with Crippen LogP contribution in [-0.4, -0.2) is 16.8 Å². The molecule has 2 nitrogen and oxygen atoms in total. The third kappa shape index (κ3) is 2.59. The van der Waals surface area contributed by atoms with Crippen LogP contribution in [0, 0.1) is 22.7 Å². The normalized spacial score (nSPS) is 27.3. The Balaban J connectivity index is 2.30. The summed E-state index contributed by atoms with van der Waals surface area (Å²) in [6.45, 7) is 14.0. The minimum absolute atomic E-state index is 0.374. The Labute approximate surface area is 118 Å². The predicted molar refractivity (Wildman–Crippen MR) is 82.3 cm³/mol. The fourth-order valence-corrected chi connectivity index (χ4v) is 4.41. The Hall–Kier alpha value is -0.790. The molecule has 0 spiro atoms. The second-order valence-electron chi connectivity index (χ2n) is 7.69. The Morgan fingerprint density at radius 2 is 1.84 bits per heavy atom. The zero-order chi connectivity index (χ0) is 14.4. The summed E-state index contributed by atoms with van der Waals surface area (Å²) in [4.78, 5) is 2.29. The smallest absolute Gasteiger partial charge is 0.104 e. The van der Waals surface area contributed by atoms with E-state index in [9.17, 15) is 0 Å². The molecule has 2 aliphatic rings. The van der Waals surface area contributed by atoms with Crippen LogP contribution in [-0.2, 0) is 0 Å². The number of rotatable bonds is 2. The minimum Gasteiger partial charge on any atom is -0.331 e. The van der Waals surface area contributed by atoms with Gasteiger partial charge in [0.1, 0.15) is 5.84 Å². The van der Waals surface area contributed by atoms with Crippen LogP contribution in [0.5, 0.6) is 0 Å². The molecule has 2 heteroatoms. The standard InChI is InChI=1S/C17H30N2/c1-11(2)14-7-8-15-13(10-17(14,5)6)9-16(18)19(15)12(3)4/h11-12,14,18H,7-10H2,1-6H3. The van der Waals surface area contributed by atoms with Crippen LogP contribution in [0.25, 0.3) is 0 Å². The fourth-order valence-electron chi connectivity index (χ4n) is 4.41. The highest BCUT2D eigenvalue weighted by atomic mass is 15.2. The zero-order valence-electron chi connectivity index (χ0n) is 13.5. The molecule has 0 saturated carbocycles. The molecular formula is C17H30N2. The van der Waals surface area contributed by atoms with Crippen LogP contribution < -0.4 is 0 Å². The van der Waals surface area contributed by atoms with E-state index in [0.29, 0.717) is 11.5 Å². The van der Waals surface area contributed by atoms with Crippen LogP contribution in [0.4, 0.5) is 0 Å². The molecule has 0 radical (unpaired) electrons. The van der Waals surface area contributed by atoms with Crippen LogP contribution in [0.3, 0.4) is 0 Å². The van der Waals surface area contributed by atoms with Gasteiger partial charge in [0.05, 0.1) is 0 Å². The van der Waals surface area contributed by atoms with E-state index in [2.05, 4.69) is 46.4 Å². The van der Waals surface area contributed by atoms with E-state index in [1.54, 1.807) is 5.57 Å². The average molecular weight is 262 g/mol. The molecular weight excluding hydrogens is 232 g/mol. The summed E-state index contributed by atoms with van der Waals surface area (Å²) in [7, 11) is 0. The van der Waals surface area contributed by atoms with E-state index >= 15 is 0 Å². The largest absolute Gasteiger partial charge is 0.331 e. The van der Waals surface area contributed by atoms with E-state index in [0.717, 1.165) is 24.1 Å². The molecule has 0 amide bonds. The topological polar surface area (TPSA) is 27.1 Å². The lowest BCUT2D eigenvalue weighted by Crippen LogP contribution is -2.32. The minimum atomic E-state index is 0.374. The van der Waals surface area contributed by atoms with E-state index in [-0.39, 0.29) is 0 Å². The van der Waals surface area contributed by atoms with E-state index in [1.165, 1.54) is 25.0 Å². The molecule has 0 bridgehead atoms. The van der Waals surface area contributed by atoms with Gasteiger partial charge in [-0.3, -0.25) is 5.41 Å². The van der Waals surface area contributed by atoms with Gasteiger partial charge in [0.15, 0.2) is 0 Å². The molecule has 0 saturated heterocycles. The van der Waals surface area contributed by atoms with Crippen molar-refractivity contribution >= 4 is 5.84 Å². The third-order valence-corrected chi connectivity index (χ3v) is 5.06. The lowest BCUT2D eigenvalue weighted by molar-refractivity contribution is 0.149. The highest BCUT2D eigenvalue weighted by Gasteiger charge is 2.40. The number of nitrogens with zero attached hydrogens (tertiary/aromatic N) is 1. The Morgan fingerprint density at radius 1 is 1.21 bits per heavy atom. The van der Waals surface area contributed by atoms with Crippen molar-refractivity contribution in [3.63, 3.8) is 0 Å². The van der Waals surface area contributed by atoms with Crippen LogP contribution in [0.1, 0.15) is 67.2 Å². The second-order valence-corrected chi connectivity index (χ2v) is 7.69. The molecule has 1 unspecified atom stereocenters. The maximum atomic E-state index is 8.25. The molecule has 1 aliphatic heterocycles. The monoisotopic (exact) mass is 262 g/mol. The summed E-state index contributed by atoms with van der Waals surface area (Å²) < 4.78 is 0. The first-order valence-corrected chi connectivity index (χ1v) is 7.81. The van der Waals surface area contributed by atoms with E-state index in [4.69, 9.17) is 5.41 Å². The second kappa shape index (κ2) is 4.96. The van der Waals surface area contributed by atoms with E-state index < -0.39 is 0 Å². The lowest BCUT2D eigenvalue weighted by Gasteiger charge is -2.36. The van der Waals surface area contributed by atoms with Crippen molar-refractivity contribution in [2.75, 3.05) is 0 Å². The maximum absolute atomic E-state index is 8.25. The van der Waals surface area contributed by atoms with Crippen LogP contribution >= 0.6 is 0 Å². The number of hydrogen-bond donors (Lipinski definition) is 1. The van der Waals surface area contributed by atoms with Crippen LogP contribution in [0.15, 0.2) is 11.3 Å². The van der Waals surface area contributed by atoms with Crippen molar-refractivity contribution < 1.29 is 0 Å². The molecule has 0 aromatic carbocycles. The summed E-state index contributed by atoms with van der Waals surface area (Å²) >= 11 is 0. The van der Waals surface area contributed by atoms with Gasteiger partial charge < -0.3 is 4.90 Å².